The molecule has 0 spiro atoms. The zero-order valence-electron chi connectivity index (χ0n) is 12.5. The van der Waals surface area contributed by atoms with Crippen LogP contribution in [-0.2, 0) is 4.74 Å². The fraction of sp³-hybridized carbons (Fsp3) is 0.714. The third kappa shape index (κ3) is 3.72. The fourth-order valence-electron chi connectivity index (χ4n) is 2.12. The maximum absolute atomic E-state index is 6.04. The van der Waals surface area contributed by atoms with Gasteiger partial charge in [-0.15, -0.1) is 0 Å². The lowest BCUT2D eigenvalue weighted by Crippen LogP contribution is -2.19. The molecule has 6 nitrogen and oxygen atoms in total. The molecule has 0 radical (unpaired) electrons. The monoisotopic (exact) mass is 280 g/mol. The van der Waals surface area contributed by atoms with E-state index < -0.39 is 0 Å². The number of anilines is 2. The molecule has 1 fully saturated rings. The van der Waals surface area contributed by atoms with Crippen molar-refractivity contribution in [3.05, 3.63) is 6.33 Å². The number of nitrogens with zero attached hydrogens (tertiary/aromatic N) is 2. The molecule has 20 heavy (non-hydrogen) atoms. The zero-order chi connectivity index (χ0) is 14.6. The minimum Gasteiger partial charge on any atom is -0.473 e. The van der Waals surface area contributed by atoms with E-state index in [9.17, 15) is 0 Å². The number of nitrogens with one attached hydrogen (secondary N) is 1. The summed E-state index contributed by atoms with van der Waals surface area (Å²) >= 11 is 0. The smallest absolute Gasteiger partial charge is 0.242 e. The molecule has 2 rings (SSSR count). The van der Waals surface area contributed by atoms with E-state index >= 15 is 0 Å². The summed E-state index contributed by atoms with van der Waals surface area (Å²) in [6.07, 6.45) is 5.03. The summed E-state index contributed by atoms with van der Waals surface area (Å²) in [7, 11) is 1.74. The average Bonchev–Trinajstić information content (AvgIpc) is 3.18. The predicted octanol–water partition coefficient (Wildman–Crippen LogP) is 2.07. The van der Waals surface area contributed by atoms with E-state index in [-0.39, 0.29) is 6.10 Å². The van der Waals surface area contributed by atoms with Gasteiger partial charge in [0.05, 0.1) is 6.10 Å². The van der Waals surface area contributed by atoms with Gasteiger partial charge in [-0.25, -0.2) is 4.98 Å². The molecule has 0 amide bonds. The van der Waals surface area contributed by atoms with Crippen LogP contribution in [0, 0.1) is 5.41 Å². The van der Waals surface area contributed by atoms with Gasteiger partial charge in [-0.05, 0) is 38.5 Å². The van der Waals surface area contributed by atoms with Crippen LogP contribution in [0.25, 0.3) is 0 Å². The summed E-state index contributed by atoms with van der Waals surface area (Å²) < 4.78 is 10.7. The second-order valence-corrected chi connectivity index (χ2v) is 5.70. The molecule has 0 aromatic carbocycles. The lowest BCUT2D eigenvalue weighted by atomic mass is 10.0. The van der Waals surface area contributed by atoms with Crippen LogP contribution in [0.1, 0.15) is 33.1 Å². The Morgan fingerprint density at radius 3 is 2.75 bits per heavy atom. The van der Waals surface area contributed by atoms with E-state index in [1.165, 1.54) is 19.2 Å². The summed E-state index contributed by atoms with van der Waals surface area (Å²) in [5.41, 5.74) is 6.86. The van der Waals surface area contributed by atoms with Crippen LogP contribution in [0.15, 0.2) is 6.33 Å². The number of aromatic nitrogens is 2. The SMILES string of the molecule is COCCC1(CNc2ncnc(OC(C)C)c2N)CC1. The summed E-state index contributed by atoms with van der Waals surface area (Å²) in [5.74, 6) is 1.10. The molecular weight excluding hydrogens is 256 g/mol. The van der Waals surface area contributed by atoms with E-state index in [1.807, 2.05) is 13.8 Å². The Kier molecular flexibility index (Phi) is 4.65. The third-order valence-electron chi connectivity index (χ3n) is 3.62. The minimum absolute atomic E-state index is 0.0385. The molecule has 0 bridgehead atoms. The number of hydrogen-bond donors (Lipinski definition) is 2. The van der Waals surface area contributed by atoms with Crippen molar-refractivity contribution in [1.29, 1.82) is 0 Å². The molecule has 0 unspecified atom stereocenters. The van der Waals surface area contributed by atoms with E-state index in [1.54, 1.807) is 7.11 Å². The van der Waals surface area contributed by atoms with Crippen molar-refractivity contribution in [2.24, 2.45) is 5.41 Å². The van der Waals surface area contributed by atoms with E-state index in [0.717, 1.165) is 19.6 Å². The van der Waals surface area contributed by atoms with Crippen LogP contribution < -0.4 is 15.8 Å². The highest BCUT2D eigenvalue weighted by molar-refractivity contribution is 5.66. The van der Waals surface area contributed by atoms with Gasteiger partial charge in [-0.3, -0.25) is 0 Å². The van der Waals surface area contributed by atoms with Gasteiger partial charge in [0.2, 0.25) is 5.88 Å². The van der Waals surface area contributed by atoms with Crippen molar-refractivity contribution in [1.82, 2.24) is 9.97 Å². The first-order chi connectivity index (χ1) is 9.56. The zero-order valence-corrected chi connectivity index (χ0v) is 12.5. The topological polar surface area (TPSA) is 82.3 Å². The van der Waals surface area contributed by atoms with Crippen molar-refractivity contribution >= 4 is 11.5 Å². The highest BCUT2D eigenvalue weighted by atomic mass is 16.5. The number of nitrogens with two attached hydrogens (primary N) is 1. The van der Waals surface area contributed by atoms with Gasteiger partial charge in [0.1, 0.15) is 12.0 Å². The molecule has 1 aliphatic carbocycles. The molecule has 0 aliphatic heterocycles. The van der Waals surface area contributed by atoms with Crippen molar-refractivity contribution in [2.75, 3.05) is 31.3 Å². The van der Waals surface area contributed by atoms with Gasteiger partial charge in [-0.1, -0.05) is 0 Å². The number of ether oxygens (including phenoxy) is 2. The predicted molar refractivity (Wildman–Crippen MR) is 78.9 cm³/mol. The minimum atomic E-state index is 0.0385. The number of methoxy groups -OCH3 is 1. The maximum atomic E-state index is 6.04. The van der Waals surface area contributed by atoms with E-state index in [4.69, 9.17) is 15.2 Å². The molecule has 1 aromatic rings. The molecule has 1 saturated carbocycles. The van der Waals surface area contributed by atoms with E-state index in [0.29, 0.717) is 22.8 Å². The average molecular weight is 280 g/mol. The fourth-order valence-corrected chi connectivity index (χ4v) is 2.12. The quantitative estimate of drug-likeness (QED) is 0.758. The summed E-state index contributed by atoms with van der Waals surface area (Å²) in [6, 6.07) is 0. The van der Waals surface area contributed by atoms with Crippen LogP contribution >= 0.6 is 0 Å². The Morgan fingerprint density at radius 1 is 1.40 bits per heavy atom. The number of rotatable bonds is 8. The van der Waals surface area contributed by atoms with Crippen LogP contribution in [0.3, 0.4) is 0 Å². The van der Waals surface area contributed by atoms with Crippen LogP contribution in [0.5, 0.6) is 5.88 Å². The maximum Gasteiger partial charge on any atom is 0.242 e. The second-order valence-electron chi connectivity index (χ2n) is 5.70. The largest absolute Gasteiger partial charge is 0.473 e. The summed E-state index contributed by atoms with van der Waals surface area (Å²) in [5, 5.41) is 3.33. The first-order valence-electron chi connectivity index (χ1n) is 7.06. The number of hydrogen-bond acceptors (Lipinski definition) is 6. The Morgan fingerprint density at radius 2 is 2.15 bits per heavy atom. The Labute approximate surface area is 120 Å². The summed E-state index contributed by atoms with van der Waals surface area (Å²) in [4.78, 5) is 8.27. The highest BCUT2D eigenvalue weighted by Gasteiger charge is 2.41. The lowest BCUT2D eigenvalue weighted by Gasteiger charge is -2.18. The van der Waals surface area contributed by atoms with Crippen molar-refractivity contribution < 1.29 is 9.47 Å². The molecular formula is C14H24N4O2. The van der Waals surface area contributed by atoms with E-state index in [2.05, 4.69) is 15.3 Å². The van der Waals surface area contributed by atoms with Crippen LogP contribution in [0.4, 0.5) is 11.5 Å². The molecule has 6 heteroatoms. The van der Waals surface area contributed by atoms with Crippen molar-refractivity contribution in [3.8, 4) is 5.88 Å². The third-order valence-corrected chi connectivity index (χ3v) is 3.62. The lowest BCUT2D eigenvalue weighted by molar-refractivity contribution is 0.175. The van der Waals surface area contributed by atoms with Gasteiger partial charge >= 0.3 is 0 Å². The van der Waals surface area contributed by atoms with Gasteiger partial charge in [0, 0.05) is 20.3 Å². The molecule has 0 saturated heterocycles. The highest BCUT2D eigenvalue weighted by Crippen LogP contribution is 2.48. The molecule has 1 aromatic heterocycles. The Balaban J connectivity index is 1.96. The molecule has 1 heterocycles. The Hall–Kier alpha value is -1.56. The first kappa shape index (κ1) is 14.8. The normalized spacial score (nSPS) is 16.2. The van der Waals surface area contributed by atoms with Gasteiger partial charge in [0.25, 0.3) is 0 Å². The Bertz CT molecular complexity index is 447. The second kappa shape index (κ2) is 6.26. The molecule has 112 valence electrons. The molecule has 0 atom stereocenters. The van der Waals surface area contributed by atoms with Crippen molar-refractivity contribution in [2.45, 2.75) is 39.2 Å². The van der Waals surface area contributed by atoms with Gasteiger partial charge < -0.3 is 20.5 Å². The molecule has 3 N–H and O–H groups in total. The van der Waals surface area contributed by atoms with Crippen LogP contribution in [0.2, 0.25) is 0 Å². The van der Waals surface area contributed by atoms with Gasteiger partial charge in [0.15, 0.2) is 5.82 Å². The summed E-state index contributed by atoms with van der Waals surface area (Å²) in [6.45, 7) is 5.54. The van der Waals surface area contributed by atoms with Gasteiger partial charge in [-0.2, -0.15) is 4.98 Å². The van der Waals surface area contributed by atoms with Crippen LogP contribution in [-0.4, -0.2) is 36.3 Å². The van der Waals surface area contributed by atoms with Crippen molar-refractivity contribution in [3.63, 3.8) is 0 Å². The first-order valence-corrected chi connectivity index (χ1v) is 7.06. The number of nitrogen functional groups attached to an aromatic ring is 1. The molecule has 1 aliphatic rings. The standard InChI is InChI=1S/C14H24N4O2/c1-10(2)20-13-11(15)12(17-9-18-13)16-8-14(4-5-14)6-7-19-3/h9-10H,4-8,15H2,1-3H3,(H,16,17,18).